The second-order valence-corrected chi connectivity index (χ2v) is 6.48. The number of carbonyl (C=O) groups excluding carboxylic acids is 1. The van der Waals surface area contributed by atoms with E-state index in [2.05, 4.69) is 5.16 Å². The van der Waals surface area contributed by atoms with Crippen LogP contribution in [-0.4, -0.2) is 42.1 Å². The number of para-hydroxylation sites is 1. The molecule has 28 heavy (non-hydrogen) atoms. The summed E-state index contributed by atoms with van der Waals surface area (Å²) in [4.78, 5) is 16.5. The first-order valence-corrected chi connectivity index (χ1v) is 8.85. The molecule has 2 N–H and O–H groups in total. The van der Waals surface area contributed by atoms with Gasteiger partial charge in [-0.05, 0) is 24.3 Å². The summed E-state index contributed by atoms with van der Waals surface area (Å²) in [6, 6.07) is 12.5. The molecule has 8 heteroatoms. The van der Waals surface area contributed by atoms with E-state index in [1.807, 2.05) is 4.90 Å². The summed E-state index contributed by atoms with van der Waals surface area (Å²) < 4.78 is 33.1. The molecule has 2 aromatic carbocycles. The summed E-state index contributed by atoms with van der Waals surface area (Å²) in [5.41, 5.74) is 6.60. The standard InChI is InChI=1S/C20H18F2N4O2/c21-14-6-2-1-5-13(14)18-17(19(23)28-24-18)20(27)26-11-9-25(10-12-26)16-8-4-3-7-15(16)22/h1-8H,9-12,23H2. The van der Waals surface area contributed by atoms with Crippen LogP contribution in [0.1, 0.15) is 10.4 Å². The lowest BCUT2D eigenvalue weighted by atomic mass is 10.1. The fraction of sp³-hybridized carbons (Fsp3) is 0.200. The lowest BCUT2D eigenvalue weighted by molar-refractivity contribution is 0.0748. The molecule has 0 spiro atoms. The van der Waals surface area contributed by atoms with Crippen LogP contribution < -0.4 is 10.6 Å². The Morgan fingerprint density at radius 2 is 1.61 bits per heavy atom. The smallest absolute Gasteiger partial charge is 0.261 e. The molecule has 1 saturated heterocycles. The number of nitrogens with two attached hydrogens (primary N) is 1. The molecule has 0 saturated carbocycles. The van der Waals surface area contributed by atoms with E-state index in [9.17, 15) is 13.6 Å². The third-order valence-electron chi connectivity index (χ3n) is 4.82. The van der Waals surface area contributed by atoms with Crippen molar-refractivity contribution in [2.24, 2.45) is 0 Å². The summed E-state index contributed by atoms with van der Waals surface area (Å²) in [5.74, 6) is -1.36. The van der Waals surface area contributed by atoms with Gasteiger partial charge < -0.3 is 20.1 Å². The summed E-state index contributed by atoms with van der Waals surface area (Å²) in [7, 11) is 0. The van der Waals surface area contributed by atoms with Crippen molar-refractivity contribution in [1.82, 2.24) is 10.1 Å². The monoisotopic (exact) mass is 384 g/mol. The molecule has 1 aromatic heterocycles. The highest BCUT2D eigenvalue weighted by atomic mass is 19.1. The van der Waals surface area contributed by atoms with Crippen LogP contribution in [0.5, 0.6) is 0 Å². The average molecular weight is 384 g/mol. The van der Waals surface area contributed by atoms with E-state index in [1.165, 1.54) is 18.2 Å². The van der Waals surface area contributed by atoms with Crippen molar-refractivity contribution in [3.05, 3.63) is 65.7 Å². The molecule has 0 unspecified atom stereocenters. The number of piperazine rings is 1. The van der Waals surface area contributed by atoms with Crippen molar-refractivity contribution in [3.63, 3.8) is 0 Å². The van der Waals surface area contributed by atoms with Crippen molar-refractivity contribution in [2.45, 2.75) is 0 Å². The van der Waals surface area contributed by atoms with Gasteiger partial charge in [0.25, 0.3) is 5.91 Å². The number of hydrogen-bond donors (Lipinski definition) is 1. The molecule has 0 bridgehead atoms. The molecule has 0 aliphatic carbocycles. The zero-order valence-electron chi connectivity index (χ0n) is 14.9. The molecule has 0 radical (unpaired) electrons. The van der Waals surface area contributed by atoms with Crippen LogP contribution >= 0.6 is 0 Å². The van der Waals surface area contributed by atoms with Gasteiger partial charge in [-0.15, -0.1) is 0 Å². The summed E-state index contributed by atoms with van der Waals surface area (Å²) in [6.07, 6.45) is 0. The number of anilines is 2. The Labute approximate surface area is 160 Å². The molecule has 1 aliphatic rings. The Hall–Kier alpha value is -3.42. The minimum Gasteiger partial charge on any atom is -0.367 e. The van der Waals surface area contributed by atoms with Crippen LogP contribution in [0.3, 0.4) is 0 Å². The van der Waals surface area contributed by atoms with Gasteiger partial charge in [0.1, 0.15) is 22.9 Å². The quantitative estimate of drug-likeness (QED) is 0.751. The molecule has 2 heterocycles. The maximum atomic E-state index is 14.2. The number of benzene rings is 2. The molecule has 4 rings (SSSR count). The lowest BCUT2D eigenvalue weighted by Crippen LogP contribution is -2.49. The molecule has 1 amide bonds. The zero-order valence-corrected chi connectivity index (χ0v) is 14.9. The van der Waals surface area contributed by atoms with Crippen molar-refractivity contribution in [3.8, 4) is 11.3 Å². The number of hydrogen-bond acceptors (Lipinski definition) is 5. The van der Waals surface area contributed by atoms with E-state index in [4.69, 9.17) is 10.3 Å². The Kier molecular flexibility index (Phi) is 4.68. The van der Waals surface area contributed by atoms with Crippen LogP contribution in [0.15, 0.2) is 53.1 Å². The fourth-order valence-corrected chi connectivity index (χ4v) is 3.36. The Bertz CT molecular complexity index is 1010. The number of amides is 1. The second kappa shape index (κ2) is 7.30. The van der Waals surface area contributed by atoms with Crippen LogP contribution in [0, 0.1) is 11.6 Å². The van der Waals surface area contributed by atoms with Gasteiger partial charge in [-0.2, -0.15) is 0 Å². The van der Waals surface area contributed by atoms with Gasteiger partial charge in [0.2, 0.25) is 5.88 Å². The van der Waals surface area contributed by atoms with Crippen LogP contribution in [0.25, 0.3) is 11.3 Å². The lowest BCUT2D eigenvalue weighted by Gasteiger charge is -2.36. The van der Waals surface area contributed by atoms with Crippen molar-refractivity contribution >= 4 is 17.5 Å². The molecular weight excluding hydrogens is 366 g/mol. The minimum absolute atomic E-state index is 0.0458. The fourth-order valence-electron chi connectivity index (χ4n) is 3.36. The summed E-state index contributed by atoms with van der Waals surface area (Å²) >= 11 is 0. The van der Waals surface area contributed by atoms with Crippen molar-refractivity contribution in [2.75, 3.05) is 36.8 Å². The number of aromatic nitrogens is 1. The topological polar surface area (TPSA) is 75.6 Å². The van der Waals surface area contributed by atoms with Crippen LogP contribution in [-0.2, 0) is 0 Å². The first-order valence-electron chi connectivity index (χ1n) is 8.85. The second-order valence-electron chi connectivity index (χ2n) is 6.48. The van der Waals surface area contributed by atoms with E-state index in [0.29, 0.717) is 31.9 Å². The summed E-state index contributed by atoms with van der Waals surface area (Å²) in [6.45, 7) is 1.67. The van der Waals surface area contributed by atoms with Gasteiger partial charge in [0.05, 0.1) is 5.69 Å². The summed E-state index contributed by atoms with van der Waals surface area (Å²) in [5, 5.41) is 3.79. The molecule has 0 atom stereocenters. The first kappa shape index (κ1) is 18.0. The van der Waals surface area contributed by atoms with Crippen LogP contribution in [0.4, 0.5) is 20.4 Å². The third-order valence-corrected chi connectivity index (χ3v) is 4.82. The molecule has 3 aromatic rings. The number of rotatable bonds is 3. The van der Waals surface area contributed by atoms with Gasteiger partial charge in [-0.3, -0.25) is 4.79 Å². The van der Waals surface area contributed by atoms with Gasteiger partial charge in [0, 0.05) is 31.7 Å². The van der Waals surface area contributed by atoms with E-state index in [1.54, 1.807) is 35.2 Å². The van der Waals surface area contributed by atoms with Gasteiger partial charge in [-0.1, -0.05) is 29.4 Å². The van der Waals surface area contributed by atoms with Crippen molar-refractivity contribution < 1.29 is 18.1 Å². The largest absolute Gasteiger partial charge is 0.367 e. The predicted octanol–water partition coefficient (Wildman–Crippen LogP) is 3.16. The van der Waals surface area contributed by atoms with E-state index in [0.717, 1.165) is 0 Å². The number of halogens is 2. The minimum atomic E-state index is -0.519. The van der Waals surface area contributed by atoms with Crippen molar-refractivity contribution in [1.29, 1.82) is 0 Å². The first-order chi connectivity index (χ1) is 13.6. The predicted molar refractivity (Wildman–Crippen MR) is 101 cm³/mol. The zero-order chi connectivity index (χ0) is 19.7. The molecule has 1 fully saturated rings. The average Bonchev–Trinajstić information content (AvgIpc) is 3.09. The highest BCUT2D eigenvalue weighted by Crippen LogP contribution is 2.30. The highest BCUT2D eigenvalue weighted by Gasteiger charge is 2.30. The van der Waals surface area contributed by atoms with Crippen LogP contribution in [0.2, 0.25) is 0 Å². The third kappa shape index (κ3) is 3.17. The van der Waals surface area contributed by atoms with Gasteiger partial charge >= 0.3 is 0 Å². The van der Waals surface area contributed by atoms with Gasteiger partial charge in [0.15, 0.2) is 0 Å². The SMILES string of the molecule is Nc1onc(-c2ccccc2F)c1C(=O)N1CCN(c2ccccc2F)CC1. The van der Waals surface area contributed by atoms with E-state index in [-0.39, 0.29) is 34.4 Å². The van der Waals surface area contributed by atoms with Gasteiger partial charge in [-0.25, -0.2) is 8.78 Å². The molecule has 1 aliphatic heterocycles. The Balaban J connectivity index is 1.55. The van der Waals surface area contributed by atoms with E-state index < -0.39 is 5.82 Å². The number of carbonyl (C=O) groups is 1. The molecular formula is C20H18F2N4O2. The number of nitrogen functional groups attached to an aromatic ring is 1. The number of nitrogens with zero attached hydrogens (tertiary/aromatic N) is 3. The maximum absolute atomic E-state index is 14.2. The Morgan fingerprint density at radius 1 is 0.964 bits per heavy atom. The Morgan fingerprint density at radius 3 is 2.29 bits per heavy atom. The highest BCUT2D eigenvalue weighted by molar-refractivity contribution is 6.03. The molecule has 144 valence electrons. The molecule has 6 nitrogen and oxygen atoms in total. The van der Waals surface area contributed by atoms with E-state index >= 15 is 0 Å². The normalized spacial score (nSPS) is 14.4. The maximum Gasteiger partial charge on any atom is 0.261 e.